The minimum Gasteiger partial charge on any atom is -0.476 e. The van der Waals surface area contributed by atoms with Crippen LogP contribution in [0.4, 0.5) is 4.79 Å². The number of nitrogens with one attached hydrogen (secondary N) is 1. The zero-order valence-electron chi connectivity index (χ0n) is 10.8. The first-order valence-electron chi connectivity index (χ1n) is 5.92. The van der Waals surface area contributed by atoms with Crippen molar-refractivity contribution < 1.29 is 19.5 Å². The number of aromatic nitrogens is 1. The van der Waals surface area contributed by atoms with Gasteiger partial charge in [0.1, 0.15) is 11.6 Å². The number of hydrogen-bond donors (Lipinski definition) is 2. The van der Waals surface area contributed by atoms with Crippen LogP contribution in [0.2, 0.25) is 0 Å². The first-order valence-corrected chi connectivity index (χ1v) is 6.80. The Morgan fingerprint density at radius 1 is 1.50 bits per heavy atom. The molecule has 1 aliphatic heterocycles. The summed E-state index contributed by atoms with van der Waals surface area (Å²) in [6.07, 6.45) is 0. The van der Waals surface area contributed by atoms with Crippen molar-refractivity contribution in [3.63, 3.8) is 0 Å². The maximum atomic E-state index is 11.9. The van der Waals surface area contributed by atoms with Crippen LogP contribution in [-0.4, -0.2) is 64.5 Å². The van der Waals surface area contributed by atoms with E-state index in [2.05, 4.69) is 10.3 Å². The van der Waals surface area contributed by atoms with Crippen molar-refractivity contribution in [3.05, 3.63) is 16.1 Å². The third kappa shape index (κ3) is 3.23. The highest BCUT2D eigenvalue weighted by molar-refractivity contribution is 7.09. The van der Waals surface area contributed by atoms with Crippen LogP contribution in [0.5, 0.6) is 0 Å². The minimum absolute atomic E-state index is 0.0333. The lowest BCUT2D eigenvalue weighted by Crippen LogP contribution is -2.53. The zero-order valence-corrected chi connectivity index (χ0v) is 11.6. The van der Waals surface area contributed by atoms with Crippen molar-refractivity contribution in [2.24, 2.45) is 0 Å². The number of carbonyl (C=O) groups excluding carboxylic acids is 2. The van der Waals surface area contributed by atoms with Gasteiger partial charge in [-0.2, -0.15) is 0 Å². The second-order valence-electron chi connectivity index (χ2n) is 4.33. The average molecular weight is 298 g/mol. The van der Waals surface area contributed by atoms with E-state index >= 15 is 0 Å². The molecule has 0 unspecified atom stereocenters. The Morgan fingerprint density at radius 2 is 2.25 bits per heavy atom. The van der Waals surface area contributed by atoms with E-state index in [1.165, 1.54) is 21.6 Å². The second kappa shape index (κ2) is 5.87. The summed E-state index contributed by atoms with van der Waals surface area (Å²) in [6.45, 7) is 1.19. The lowest BCUT2D eigenvalue weighted by atomic mass is 10.3. The van der Waals surface area contributed by atoms with Gasteiger partial charge in [-0.05, 0) is 0 Å². The summed E-state index contributed by atoms with van der Waals surface area (Å²) in [6, 6.07) is -0.349. The average Bonchev–Trinajstić information content (AvgIpc) is 2.88. The molecule has 0 atom stereocenters. The lowest BCUT2D eigenvalue weighted by molar-refractivity contribution is -0.133. The van der Waals surface area contributed by atoms with Crippen LogP contribution in [-0.2, 0) is 11.3 Å². The number of amides is 3. The molecule has 0 radical (unpaired) electrons. The SMILES string of the molecule is CN1CCN(C(=O)NCc2nc(C(=O)O)cs2)CC1=O. The standard InChI is InChI=1S/C11H14N4O4S/c1-14-2-3-15(5-9(14)16)11(19)12-4-8-13-7(6-20-8)10(17)18/h6H,2-5H2,1H3,(H,12,19)(H,17,18). The van der Waals surface area contributed by atoms with Gasteiger partial charge in [-0.3, -0.25) is 4.79 Å². The maximum absolute atomic E-state index is 11.9. The maximum Gasteiger partial charge on any atom is 0.355 e. The summed E-state index contributed by atoms with van der Waals surface area (Å²) >= 11 is 1.17. The van der Waals surface area contributed by atoms with Gasteiger partial charge in [0.2, 0.25) is 5.91 Å². The molecule has 1 fully saturated rings. The quantitative estimate of drug-likeness (QED) is 0.806. The summed E-state index contributed by atoms with van der Waals surface area (Å²) in [5.74, 6) is -1.20. The number of nitrogens with zero attached hydrogens (tertiary/aromatic N) is 3. The number of carboxylic acids is 1. The molecule has 3 amide bonds. The Kier molecular flexibility index (Phi) is 4.18. The Bertz CT molecular complexity index is 544. The third-order valence-corrected chi connectivity index (χ3v) is 3.75. The van der Waals surface area contributed by atoms with Crippen LogP contribution in [0.15, 0.2) is 5.38 Å². The number of aromatic carboxylic acids is 1. The van der Waals surface area contributed by atoms with Crippen molar-refractivity contribution in [1.29, 1.82) is 0 Å². The van der Waals surface area contributed by atoms with Crippen LogP contribution in [0, 0.1) is 0 Å². The van der Waals surface area contributed by atoms with Gasteiger partial charge >= 0.3 is 12.0 Å². The van der Waals surface area contributed by atoms with Gasteiger partial charge in [-0.1, -0.05) is 0 Å². The summed E-state index contributed by atoms with van der Waals surface area (Å²) in [5, 5.41) is 13.3. The second-order valence-corrected chi connectivity index (χ2v) is 5.27. The Balaban J connectivity index is 1.85. The monoisotopic (exact) mass is 298 g/mol. The summed E-state index contributed by atoms with van der Waals surface area (Å²) in [7, 11) is 1.70. The lowest BCUT2D eigenvalue weighted by Gasteiger charge is -2.31. The van der Waals surface area contributed by atoms with Gasteiger partial charge in [0.05, 0.1) is 6.54 Å². The highest BCUT2D eigenvalue weighted by atomic mass is 32.1. The highest BCUT2D eigenvalue weighted by Crippen LogP contribution is 2.09. The van der Waals surface area contributed by atoms with E-state index in [0.717, 1.165) is 0 Å². The molecule has 8 nitrogen and oxygen atoms in total. The van der Waals surface area contributed by atoms with E-state index in [4.69, 9.17) is 5.11 Å². The molecule has 1 saturated heterocycles. The van der Waals surface area contributed by atoms with Gasteiger partial charge in [-0.25, -0.2) is 14.6 Å². The number of thiazole rings is 1. The molecule has 1 aromatic rings. The van der Waals surface area contributed by atoms with Crippen molar-refractivity contribution in [1.82, 2.24) is 20.1 Å². The molecule has 2 N–H and O–H groups in total. The minimum atomic E-state index is -1.09. The Labute approximate surface area is 119 Å². The number of hydrogen-bond acceptors (Lipinski definition) is 5. The van der Waals surface area contributed by atoms with E-state index in [1.54, 1.807) is 11.9 Å². The molecule has 108 valence electrons. The smallest absolute Gasteiger partial charge is 0.355 e. The van der Waals surface area contributed by atoms with E-state index in [0.29, 0.717) is 18.1 Å². The largest absolute Gasteiger partial charge is 0.476 e. The summed E-state index contributed by atoms with van der Waals surface area (Å²) in [4.78, 5) is 40.9. The molecule has 20 heavy (non-hydrogen) atoms. The molecular weight excluding hydrogens is 284 g/mol. The molecule has 0 aliphatic carbocycles. The predicted molar refractivity (Wildman–Crippen MR) is 70.5 cm³/mol. The third-order valence-electron chi connectivity index (χ3n) is 2.91. The molecule has 0 spiro atoms. The van der Waals surface area contributed by atoms with Crippen molar-refractivity contribution >= 4 is 29.2 Å². The summed E-state index contributed by atoms with van der Waals surface area (Å²) < 4.78 is 0. The molecule has 0 saturated carbocycles. The predicted octanol–water partition coefficient (Wildman–Crippen LogP) is -0.175. The fraction of sp³-hybridized carbons (Fsp3) is 0.455. The number of piperazine rings is 1. The Morgan fingerprint density at radius 3 is 2.85 bits per heavy atom. The fourth-order valence-corrected chi connectivity index (χ4v) is 2.39. The van der Waals surface area contributed by atoms with E-state index in [1.807, 2.05) is 0 Å². The number of carbonyl (C=O) groups is 3. The topological polar surface area (TPSA) is 103 Å². The zero-order chi connectivity index (χ0) is 14.7. The Hall–Kier alpha value is -2.16. The van der Waals surface area contributed by atoms with Crippen LogP contribution in [0.1, 0.15) is 15.5 Å². The molecular formula is C11H14N4O4S. The van der Waals surface area contributed by atoms with E-state index in [9.17, 15) is 14.4 Å². The van der Waals surface area contributed by atoms with Gasteiger partial charge in [0.25, 0.3) is 0 Å². The van der Waals surface area contributed by atoms with E-state index in [-0.39, 0.29) is 30.7 Å². The first-order chi connectivity index (χ1) is 9.47. The normalized spacial score (nSPS) is 15.3. The van der Waals surface area contributed by atoms with Crippen LogP contribution in [0.25, 0.3) is 0 Å². The highest BCUT2D eigenvalue weighted by Gasteiger charge is 2.24. The van der Waals surface area contributed by atoms with Crippen molar-refractivity contribution in [3.8, 4) is 0 Å². The van der Waals surface area contributed by atoms with Gasteiger partial charge in [0, 0.05) is 25.5 Å². The molecule has 1 aromatic heterocycles. The number of carboxylic acid groups (broad SMARTS) is 1. The van der Waals surface area contributed by atoms with E-state index < -0.39 is 5.97 Å². The molecule has 2 rings (SSSR count). The van der Waals surface area contributed by atoms with Gasteiger partial charge in [0.15, 0.2) is 5.69 Å². The number of urea groups is 1. The molecule has 9 heteroatoms. The molecule has 1 aliphatic rings. The van der Waals surface area contributed by atoms with Crippen LogP contribution < -0.4 is 5.32 Å². The van der Waals surface area contributed by atoms with Crippen molar-refractivity contribution in [2.75, 3.05) is 26.7 Å². The van der Waals surface area contributed by atoms with Crippen LogP contribution in [0.3, 0.4) is 0 Å². The van der Waals surface area contributed by atoms with Crippen molar-refractivity contribution in [2.45, 2.75) is 6.54 Å². The van der Waals surface area contributed by atoms with Gasteiger partial charge < -0.3 is 20.2 Å². The molecule has 0 bridgehead atoms. The summed E-state index contributed by atoms with van der Waals surface area (Å²) in [5.41, 5.74) is -0.0333. The fourth-order valence-electron chi connectivity index (χ4n) is 1.69. The molecule has 0 aromatic carbocycles. The molecule has 2 heterocycles. The first kappa shape index (κ1) is 14.3. The van der Waals surface area contributed by atoms with Crippen LogP contribution >= 0.6 is 11.3 Å². The van der Waals surface area contributed by atoms with Gasteiger partial charge in [-0.15, -0.1) is 11.3 Å². The number of likely N-dealkylation sites (N-methyl/N-ethyl adjacent to an activating group) is 1. The number of rotatable bonds is 3.